The van der Waals surface area contributed by atoms with Crippen LogP contribution in [0.4, 0.5) is 0 Å². The van der Waals surface area contributed by atoms with Crippen molar-refractivity contribution in [2.24, 2.45) is 0 Å². The van der Waals surface area contributed by atoms with Crippen molar-refractivity contribution in [3.05, 3.63) is 52.8 Å². The highest BCUT2D eigenvalue weighted by atomic mass is 15.3. The summed E-state index contributed by atoms with van der Waals surface area (Å²) in [6.07, 6.45) is 0. The summed E-state index contributed by atoms with van der Waals surface area (Å²) in [6, 6.07) is 10.6. The van der Waals surface area contributed by atoms with E-state index in [0.717, 1.165) is 18.8 Å². The molecule has 0 aliphatic rings. The lowest BCUT2D eigenvalue weighted by atomic mass is 10.1. The molecule has 2 aromatic rings. The SMILES string of the molecule is Cc1cc(C)n(Cc2cccc(C[NH3+])c2)n1. The van der Waals surface area contributed by atoms with E-state index in [4.69, 9.17) is 0 Å². The highest BCUT2D eigenvalue weighted by Crippen LogP contribution is 2.09. The largest absolute Gasteiger partial charge is 0.354 e. The fourth-order valence-corrected chi connectivity index (χ4v) is 1.89. The number of rotatable bonds is 3. The lowest BCUT2D eigenvalue weighted by Crippen LogP contribution is -2.47. The van der Waals surface area contributed by atoms with E-state index in [9.17, 15) is 0 Å². The second-order valence-electron chi connectivity index (χ2n) is 4.15. The van der Waals surface area contributed by atoms with Gasteiger partial charge in [-0.25, -0.2) is 0 Å². The molecule has 0 spiro atoms. The summed E-state index contributed by atoms with van der Waals surface area (Å²) in [5.41, 5.74) is 8.75. The molecule has 0 aliphatic carbocycles. The summed E-state index contributed by atoms with van der Waals surface area (Å²) in [6.45, 7) is 5.79. The average Bonchev–Trinajstić information content (AvgIpc) is 2.58. The first kappa shape index (κ1) is 10.9. The van der Waals surface area contributed by atoms with Crippen molar-refractivity contribution in [3.8, 4) is 0 Å². The van der Waals surface area contributed by atoms with Gasteiger partial charge in [0, 0.05) is 11.3 Å². The van der Waals surface area contributed by atoms with Gasteiger partial charge in [-0.05, 0) is 31.5 Å². The Kier molecular flexibility index (Phi) is 3.06. The summed E-state index contributed by atoms with van der Waals surface area (Å²) >= 11 is 0. The second-order valence-corrected chi connectivity index (χ2v) is 4.15. The number of hydrogen-bond donors (Lipinski definition) is 1. The van der Waals surface area contributed by atoms with Gasteiger partial charge >= 0.3 is 0 Å². The maximum Gasteiger partial charge on any atom is 0.0997 e. The molecule has 0 aliphatic heterocycles. The summed E-state index contributed by atoms with van der Waals surface area (Å²) in [5.74, 6) is 0. The maximum atomic E-state index is 4.46. The molecule has 0 saturated carbocycles. The summed E-state index contributed by atoms with van der Waals surface area (Å²) in [7, 11) is 0. The van der Waals surface area contributed by atoms with E-state index in [-0.39, 0.29) is 0 Å². The van der Waals surface area contributed by atoms with Gasteiger partial charge in [-0.15, -0.1) is 0 Å². The van der Waals surface area contributed by atoms with Gasteiger partial charge in [0.15, 0.2) is 0 Å². The number of hydrogen-bond acceptors (Lipinski definition) is 1. The summed E-state index contributed by atoms with van der Waals surface area (Å²) in [4.78, 5) is 0. The smallest absolute Gasteiger partial charge is 0.0997 e. The van der Waals surface area contributed by atoms with Gasteiger partial charge in [0.05, 0.1) is 18.8 Å². The van der Waals surface area contributed by atoms with Crippen LogP contribution in [0, 0.1) is 13.8 Å². The highest BCUT2D eigenvalue weighted by Gasteiger charge is 2.02. The van der Waals surface area contributed by atoms with Crippen molar-refractivity contribution >= 4 is 0 Å². The molecule has 3 heteroatoms. The molecule has 1 heterocycles. The minimum absolute atomic E-state index is 0.838. The van der Waals surface area contributed by atoms with Crippen molar-refractivity contribution in [1.29, 1.82) is 0 Å². The second kappa shape index (κ2) is 4.49. The minimum Gasteiger partial charge on any atom is -0.354 e. The van der Waals surface area contributed by atoms with E-state index in [0.29, 0.717) is 0 Å². The van der Waals surface area contributed by atoms with Crippen molar-refractivity contribution < 1.29 is 5.73 Å². The van der Waals surface area contributed by atoms with Crippen molar-refractivity contribution in [3.63, 3.8) is 0 Å². The normalized spacial score (nSPS) is 10.7. The Bertz CT molecular complexity index is 486. The predicted octanol–water partition coefficient (Wildman–Crippen LogP) is 1.29. The van der Waals surface area contributed by atoms with E-state index in [1.165, 1.54) is 16.8 Å². The lowest BCUT2D eigenvalue weighted by molar-refractivity contribution is -0.386. The maximum absolute atomic E-state index is 4.46. The van der Waals surface area contributed by atoms with Gasteiger partial charge in [-0.1, -0.05) is 18.2 Å². The van der Waals surface area contributed by atoms with E-state index >= 15 is 0 Å². The standard InChI is InChI=1S/C13H17N3/c1-10-6-11(2)16(15-10)9-13-5-3-4-12(7-13)8-14/h3-7H,8-9,14H2,1-2H3/p+1. The van der Waals surface area contributed by atoms with Crippen molar-refractivity contribution in [1.82, 2.24) is 9.78 Å². The van der Waals surface area contributed by atoms with Crippen LogP contribution in [-0.2, 0) is 13.1 Å². The van der Waals surface area contributed by atoms with Gasteiger partial charge in [-0.3, -0.25) is 4.68 Å². The highest BCUT2D eigenvalue weighted by molar-refractivity contribution is 5.23. The predicted molar refractivity (Wildman–Crippen MR) is 63.8 cm³/mol. The molecule has 1 aromatic carbocycles. The molecule has 0 atom stereocenters. The number of aryl methyl sites for hydroxylation is 2. The first-order chi connectivity index (χ1) is 7.69. The zero-order valence-corrected chi connectivity index (χ0v) is 9.90. The molecule has 16 heavy (non-hydrogen) atoms. The molecule has 3 nitrogen and oxygen atoms in total. The van der Waals surface area contributed by atoms with Crippen molar-refractivity contribution in [2.45, 2.75) is 26.9 Å². The molecule has 1 aromatic heterocycles. The van der Waals surface area contributed by atoms with Crippen LogP contribution < -0.4 is 5.73 Å². The van der Waals surface area contributed by atoms with Gasteiger partial charge in [0.2, 0.25) is 0 Å². The van der Waals surface area contributed by atoms with Gasteiger partial charge in [0.25, 0.3) is 0 Å². The van der Waals surface area contributed by atoms with Crippen LogP contribution in [0.3, 0.4) is 0 Å². The Morgan fingerprint density at radius 3 is 2.56 bits per heavy atom. The van der Waals surface area contributed by atoms with Gasteiger partial charge in [-0.2, -0.15) is 5.10 Å². The molecular formula is C13H18N3+. The summed E-state index contributed by atoms with van der Waals surface area (Å²) < 4.78 is 2.04. The number of aromatic nitrogens is 2. The molecule has 0 unspecified atom stereocenters. The quantitative estimate of drug-likeness (QED) is 0.825. The van der Waals surface area contributed by atoms with Crippen LogP contribution in [0.25, 0.3) is 0 Å². The van der Waals surface area contributed by atoms with Crippen LogP contribution in [-0.4, -0.2) is 9.78 Å². The average molecular weight is 216 g/mol. The topological polar surface area (TPSA) is 45.5 Å². The fraction of sp³-hybridized carbons (Fsp3) is 0.308. The Morgan fingerprint density at radius 1 is 1.19 bits per heavy atom. The molecule has 0 fully saturated rings. The number of nitrogens with zero attached hydrogens (tertiary/aromatic N) is 2. The molecular weight excluding hydrogens is 198 g/mol. The van der Waals surface area contributed by atoms with E-state index in [1.54, 1.807) is 0 Å². The Labute approximate surface area is 95.9 Å². The fourth-order valence-electron chi connectivity index (χ4n) is 1.89. The molecule has 0 bridgehead atoms. The molecule has 0 radical (unpaired) electrons. The van der Waals surface area contributed by atoms with Crippen LogP contribution in [0.1, 0.15) is 22.5 Å². The molecule has 2 rings (SSSR count). The Hall–Kier alpha value is -1.61. The third-order valence-electron chi connectivity index (χ3n) is 2.72. The first-order valence-corrected chi connectivity index (χ1v) is 5.57. The Morgan fingerprint density at radius 2 is 1.94 bits per heavy atom. The number of quaternary nitrogens is 1. The third-order valence-corrected chi connectivity index (χ3v) is 2.72. The van der Waals surface area contributed by atoms with Gasteiger partial charge in [0.1, 0.15) is 0 Å². The van der Waals surface area contributed by atoms with Crippen LogP contribution in [0.2, 0.25) is 0 Å². The Balaban J connectivity index is 2.23. The first-order valence-electron chi connectivity index (χ1n) is 5.57. The molecule has 0 amide bonds. The summed E-state index contributed by atoms with van der Waals surface area (Å²) in [5, 5.41) is 4.46. The molecule has 0 saturated heterocycles. The third kappa shape index (κ3) is 2.31. The van der Waals surface area contributed by atoms with E-state index in [2.05, 4.69) is 48.1 Å². The zero-order chi connectivity index (χ0) is 11.5. The zero-order valence-electron chi connectivity index (χ0n) is 9.90. The van der Waals surface area contributed by atoms with Gasteiger partial charge < -0.3 is 5.73 Å². The monoisotopic (exact) mass is 216 g/mol. The molecule has 3 N–H and O–H groups in total. The minimum atomic E-state index is 0.838. The van der Waals surface area contributed by atoms with Crippen LogP contribution in [0.5, 0.6) is 0 Å². The van der Waals surface area contributed by atoms with E-state index in [1.807, 2.05) is 11.6 Å². The molecule has 84 valence electrons. The lowest BCUT2D eigenvalue weighted by Gasteiger charge is -2.05. The van der Waals surface area contributed by atoms with Crippen molar-refractivity contribution in [2.75, 3.05) is 0 Å². The van der Waals surface area contributed by atoms with E-state index < -0.39 is 0 Å². The van der Waals surface area contributed by atoms with Crippen LogP contribution >= 0.6 is 0 Å². The van der Waals surface area contributed by atoms with Crippen LogP contribution in [0.15, 0.2) is 30.3 Å². The number of benzene rings is 1.